The van der Waals surface area contributed by atoms with Gasteiger partial charge in [-0.3, -0.25) is 14.2 Å². The number of hydrogen-bond donors (Lipinski definition) is 0. The molecule has 0 saturated carbocycles. The number of quaternary nitrogens is 1. The van der Waals surface area contributed by atoms with Gasteiger partial charge in [0.1, 0.15) is 31.3 Å². The molecule has 62 heavy (non-hydrogen) atoms. The Morgan fingerprint density at radius 3 is 1.84 bits per heavy atom. The molecule has 12 heteroatoms. The molecule has 1 aliphatic rings. The number of rotatable bonds is 37. The molecule has 352 valence electrons. The number of hydrogen-bond acceptors (Lipinski definition) is 10. The summed E-state index contributed by atoms with van der Waals surface area (Å²) in [4.78, 5) is 37.7. The van der Waals surface area contributed by atoms with Crippen molar-refractivity contribution in [2.24, 2.45) is 0 Å². The van der Waals surface area contributed by atoms with Crippen LogP contribution in [0.25, 0.3) is 0 Å². The van der Waals surface area contributed by atoms with Crippen molar-refractivity contribution in [2.75, 3.05) is 47.5 Å². The molecule has 1 fully saturated rings. The van der Waals surface area contributed by atoms with Crippen LogP contribution in [-0.2, 0) is 50.3 Å². The number of phosphoric ester groups is 1. The summed E-state index contributed by atoms with van der Waals surface area (Å²) < 4.78 is 45.8. The SMILES string of the molecule is CC/C=C\CC1OC1C/C=C\C/C=C\C/C=C\C/C=C\CCC(=O)O[C@H](COC(=O)CCCCCCCCc1oc(CCCCC)c(C)c1C)COP(=O)([O-])OCC[N+](C)(C)C. The topological polar surface area (TPSA) is 137 Å². The number of nitrogens with zero attached hydrogens (tertiary/aromatic N) is 1. The second-order valence-corrected chi connectivity index (χ2v) is 18.8. The van der Waals surface area contributed by atoms with E-state index >= 15 is 0 Å². The molecule has 0 aliphatic carbocycles. The number of phosphoric acid groups is 1. The lowest BCUT2D eigenvalue weighted by atomic mass is 10.0. The van der Waals surface area contributed by atoms with Crippen LogP contribution in [0.1, 0.15) is 152 Å². The Bertz CT molecular complexity index is 1590. The van der Waals surface area contributed by atoms with E-state index in [9.17, 15) is 19.0 Å². The number of unbranched alkanes of at least 4 members (excludes halogenated alkanes) is 7. The summed E-state index contributed by atoms with van der Waals surface area (Å²) in [5.41, 5.74) is 2.59. The first kappa shape index (κ1) is 55.1. The molecular formula is C50H82NO10P. The van der Waals surface area contributed by atoms with Crippen molar-refractivity contribution in [3.05, 3.63) is 83.4 Å². The maximum absolute atomic E-state index is 12.7. The number of aryl methyl sites for hydroxylation is 2. The normalized spacial score (nSPS) is 17.3. The van der Waals surface area contributed by atoms with Crippen LogP contribution in [0.15, 0.2) is 65.2 Å². The minimum absolute atomic E-state index is 0.0575. The van der Waals surface area contributed by atoms with Crippen molar-refractivity contribution in [3.63, 3.8) is 0 Å². The molecule has 0 N–H and O–H groups in total. The van der Waals surface area contributed by atoms with E-state index in [2.05, 4.69) is 76.3 Å². The van der Waals surface area contributed by atoms with Gasteiger partial charge in [0.25, 0.3) is 7.82 Å². The Hall–Kier alpha value is -3.05. The van der Waals surface area contributed by atoms with Crippen LogP contribution in [0.5, 0.6) is 0 Å². The number of allylic oxidation sites excluding steroid dienone is 8. The highest BCUT2D eigenvalue weighted by Crippen LogP contribution is 2.38. The van der Waals surface area contributed by atoms with E-state index in [4.69, 9.17) is 27.7 Å². The van der Waals surface area contributed by atoms with Gasteiger partial charge in [0.2, 0.25) is 0 Å². The Balaban J connectivity index is 1.66. The van der Waals surface area contributed by atoms with Gasteiger partial charge in [0.05, 0.1) is 40.0 Å². The molecule has 1 aliphatic heterocycles. The van der Waals surface area contributed by atoms with Crippen molar-refractivity contribution in [3.8, 4) is 0 Å². The lowest BCUT2D eigenvalue weighted by Gasteiger charge is -2.28. The summed E-state index contributed by atoms with van der Waals surface area (Å²) in [5.74, 6) is 1.29. The summed E-state index contributed by atoms with van der Waals surface area (Å²) in [6, 6.07) is 0. The zero-order valence-corrected chi connectivity index (χ0v) is 40.3. The average Bonchev–Trinajstić information content (AvgIpc) is 3.92. The van der Waals surface area contributed by atoms with Gasteiger partial charge in [0.15, 0.2) is 6.10 Å². The first-order valence-electron chi connectivity index (χ1n) is 23.5. The molecule has 2 rings (SSSR count). The summed E-state index contributed by atoms with van der Waals surface area (Å²) >= 11 is 0. The molecule has 11 nitrogen and oxygen atoms in total. The van der Waals surface area contributed by atoms with Gasteiger partial charge in [0, 0.05) is 25.7 Å². The van der Waals surface area contributed by atoms with Gasteiger partial charge >= 0.3 is 11.9 Å². The quantitative estimate of drug-likeness (QED) is 0.0159. The summed E-state index contributed by atoms with van der Waals surface area (Å²) in [7, 11) is 1.08. The predicted molar refractivity (Wildman–Crippen MR) is 248 cm³/mol. The first-order chi connectivity index (χ1) is 29.7. The van der Waals surface area contributed by atoms with Crippen LogP contribution in [0.4, 0.5) is 0 Å². The van der Waals surface area contributed by atoms with E-state index < -0.39 is 32.5 Å². The standard InChI is InChI=1S/C50H82NO10P/c1-8-10-26-32-45-42(3)43(4)46(60-45)33-28-22-20-21-24-30-36-49(52)56-40-44(41-58-62(54,55)57-39-38-51(5,6)7)59-50(53)37-31-25-19-17-15-13-12-14-16-18-23-29-35-48-47(61-48)34-27-11-9-2/h11,13-16,19,23,25,27,29,44,47-48H,8-10,12,17-18,20-22,24,26,28,30-41H2,1-7H3/b15-13-,16-14-,25-19-,27-11-,29-23-/t44-,47?,48?/m1/s1. The largest absolute Gasteiger partial charge is 0.756 e. The Labute approximate surface area is 375 Å². The van der Waals surface area contributed by atoms with E-state index in [1.54, 1.807) is 0 Å². The zero-order chi connectivity index (χ0) is 45.5. The number of ether oxygens (including phenoxy) is 3. The highest BCUT2D eigenvalue weighted by molar-refractivity contribution is 7.45. The summed E-state index contributed by atoms with van der Waals surface area (Å²) in [5, 5.41) is 0. The third-order valence-electron chi connectivity index (χ3n) is 10.7. The van der Waals surface area contributed by atoms with E-state index in [0.29, 0.717) is 36.1 Å². The molecule has 4 atom stereocenters. The Morgan fingerprint density at radius 1 is 0.694 bits per heavy atom. The first-order valence-corrected chi connectivity index (χ1v) is 24.9. The molecule has 1 saturated heterocycles. The summed E-state index contributed by atoms with van der Waals surface area (Å²) in [6.45, 7) is 8.25. The third-order valence-corrected chi connectivity index (χ3v) is 11.6. The van der Waals surface area contributed by atoms with E-state index in [1.165, 1.54) is 30.4 Å². The second kappa shape index (κ2) is 32.6. The lowest BCUT2D eigenvalue weighted by Crippen LogP contribution is -2.37. The van der Waals surface area contributed by atoms with Crippen molar-refractivity contribution < 1.29 is 51.2 Å². The Morgan fingerprint density at radius 2 is 1.24 bits per heavy atom. The minimum atomic E-state index is -4.67. The van der Waals surface area contributed by atoms with Gasteiger partial charge < -0.3 is 37.1 Å². The average molecular weight is 888 g/mol. The smallest absolute Gasteiger partial charge is 0.306 e. The molecule has 2 heterocycles. The fraction of sp³-hybridized carbons (Fsp3) is 0.680. The molecule has 0 bridgehead atoms. The summed E-state index contributed by atoms with van der Waals surface area (Å²) in [6.07, 6.45) is 38.5. The zero-order valence-electron chi connectivity index (χ0n) is 39.5. The molecular weight excluding hydrogens is 806 g/mol. The fourth-order valence-electron chi connectivity index (χ4n) is 6.61. The van der Waals surface area contributed by atoms with Crippen LogP contribution in [-0.4, -0.2) is 82.2 Å². The molecule has 0 radical (unpaired) electrons. The van der Waals surface area contributed by atoms with Gasteiger partial charge in [-0.2, -0.15) is 0 Å². The molecule has 0 amide bonds. The van der Waals surface area contributed by atoms with E-state index in [0.717, 1.165) is 95.0 Å². The van der Waals surface area contributed by atoms with Gasteiger partial charge in [-0.1, -0.05) is 113 Å². The van der Waals surface area contributed by atoms with E-state index in [1.807, 2.05) is 33.3 Å². The number of epoxide rings is 1. The van der Waals surface area contributed by atoms with Crippen LogP contribution in [0.2, 0.25) is 0 Å². The van der Waals surface area contributed by atoms with Crippen LogP contribution in [0, 0.1) is 13.8 Å². The van der Waals surface area contributed by atoms with Gasteiger partial charge in [-0.05, 0) is 89.2 Å². The van der Waals surface area contributed by atoms with Crippen LogP contribution < -0.4 is 4.89 Å². The molecule has 0 spiro atoms. The number of carbonyl (C=O) groups excluding carboxylic acids is 2. The second-order valence-electron chi connectivity index (χ2n) is 17.4. The molecule has 3 unspecified atom stereocenters. The number of likely N-dealkylation sites (N-methyl/N-ethyl adjacent to an activating group) is 1. The number of carbonyl (C=O) groups is 2. The van der Waals surface area contributed by atoms with Crippen molar-refractivity contribution >= 4 is 19.8 Å². The van der Waals surface area contributed by atoms with Gasteiger partial charge in [-0.25, -0.2) is 0 Å². The Kier molecular flexibility index (Phi) is 28.9. The van der Waals surface area contributed by atoms with Crippen LogP contribution >= 0.6 is 7.82 Å². The van der Waals surface area contributed by atoms with Crippen molar-refractivity contribution in [1.82, 2.24) is 0 Å². The molecule has 0 aromatic carbocycles. The maximum atomic E-state index is 12.7. The highest BCUT2D eigenvalue weighted by Gasteiger charge is 2.36. The third kappa shape index (κ3) is 27.9. The minimum Gasteiger partial charge on any atom is -0.756 e. The van der Waals surface area contributed by atoms with Crippen LogP contribution in [0.3, 0.4) is 0 Å². The number of furan rings is 1. The van der Waals surface area contributed by atoms with Gasteiger partial charge in [-0.15, -0.1) is 0 Å². The predicted octanol–water partition coefficient (Wildman–Crippen LogP) is 11.3. The monoisotopic (exact) mass is 888 g/mol. The maximum Gasteiger partial charge on any atom is 0.306 e. The fourth-order valence-corrected chi connectivity index (χ4v) is 7.33. The highest BCUT2D eigenvalue weighted by atomic mass is 31.2. The number of esters is 2. The van der Waals surface area contributed by atoms with Crippen molar-refractivity contribution in [1.29, 1.82) is 0 Å². The molecule has 1 aromatic rings. The van der Waals surface area contributed by atoms with E-state index in [-0.39, 0.29) is 26.1 Å². The molecule has 1 aromatic heterocycles. The van der Waals surface area contributed by atoms with Crippen molar-refractivity contribution in [2.45, 2.75) is 174 Å². The lowest BCUT2D eigenvalue weighted by molar-refractivity contribution is -0.870.